The zero-order chi connectivity index (χ0) is 14.7. The van der Waals surface area contributed by atoms with Crippen molar-refractivity contribution in [1.29, 1.82) is 0 Å². The van der Waals surface area contributed by atoms with E-state index in [1.165, 1.54) is 6.33 Å². The first-order valence-corrected chi connectivity index (χ1v) is 7.54. The number of aromatic nitrogens is 4. The van der Waals surface area contributed by atoms with Gasteiger partial charge in [0.2, 0.25) is 0 Å². The van der Waals surface area contributed by atoms with Crippen molar-refractivity contribution in [2.45, 2.75) is 18.9 Å². The van der Waals surface area contributed by atoms with Crippen molar-refractivity contribution in [1.82, 2.24) is 19.9 Å². The molecule has 21 heavy (non-hydrogen) atoms. The molecule has 0 spiro atoms. The van der Waals surface area contributed by atoms with Crippen LogP contribution in [-0.4, -0.2) is 39.1 Å². The van der Waals surface area contributed by atoms with Crippen molar-refractivity contribution in [3.8, 4) is 0 Å². The second-order valence-electron chi connectivity index (χ2n) is 4.89. The third kappa shape index (κ3) is 3.21. The van der Waals surface area contributed by atoms with Gasteiger partial charge in [-0.25, -0.2) is 15.0 Å². The molecule has 1 atom stereocenters. The highest BCUT2D eigenvalue weighted by Crippen LogP contribution is 2.22. The van der Waals surface area contributed by atoms with Crippen molar-refractivity contribution in [2.24, 2.45) is 0 Å². The van der Waals surface area contributed by atoms with Crippen molar-refractivity contribution in [2.75, 3.05) is 23.3 Å². The molecular formula is C13H15BrN6O. The largest absolute Gasteiger partial charge is 0.365 e. The first-order valence-electron chi connectivity index (χ1n) is 6.75. The molecule has 1 aliphatic rings. The Labute approximate surface area is 130 Å². The lowest BCUT2D eigenvalue weighted by Gasteiger charge is -2.33. The fraction of sp³-hybridized carbons (Fsp3) is 0.385. The summed E-state index contributed by atoms with van der Waals surface area (Å²) in [5.74, 6) is 1.25. The molecule has 0 unspecified atom stereocenters. The van der Waals surface area contributed by atoms with Crippen LogP contribution in [0.25, 0.3) is 0 Å². The standard InChI is InChI=1S/C13H15BrN6O/c14-10-6-15-8-18-11(10)19-9-2-1-5-20(7-9)12-13(21)17-4-3-16-12/h3-4,6,8-9H,1-2,5,7H2,(H,17,21)(H,15,18,19)/t9-/m1/s1. The summed E-state index contributed by atoms with van der Waals surface area (Å²) in [4.78, 5) is 28.8. The molecule has 7 nitrogen and oxygen atoms in total. The molecule has 8 heteroatoms. The molecule has 2 aromatic rings. The maximum atomic E-state index is 11.8. The third-order valence-electron chi connectivity index (χ3n) is 3.42. The highest BCUT2D eigenvalue weighted by molar-refractivity contribution is 9.10. The zero-order valence-corrected chi connectivity index (χ0v) is 12.9. The van der Waals surface area contributed by atoms with Crippen LogP contribution in [0.15, 0.2) is 34.2 Å². The maximum Gasteiger partial charge on any atom is 0.290 e. The minimum atomic E-state index is -0.152. The van der Waals surface area contributed by atoms with Gasteiger partial charge in [-0.15, -0.1) is 0 Å². The Kier molecular flexibility index (Phi) is 4.14. The Morgan fingerprint density at radius 2 is 2.33 bits per heavy atom. The number of halogens is 1. The number of rotatable bonds is 3. The van der Waals surface area contributed by atoms with Crippen LogP contribution in [0.3, 0.4) is 0 Å². The van der Waals surface area contributed by atoms with Crippen LogP contribution in [0, 0.1) is 0 Å². The van der Waals surface area contributed by atoms with E-state index in [2.05, 4.69) is 41.2 Å². The van der Waals surface area contributed by atoms with E-state index in [0.717, 1.165) is 36.2 Å². The molecular weight excluding hydrogens is 336 g/mol. The Hall–Kier alpha value is -1.96. The van der Waals surface area contributed by atoms with Crippen molar-refractivity contribution >= 4 is 27.6 Å². The van der Waals surface area contributed by atoms with Crippen LogP contribution in [0.2, 0.25) is 0 Å². The van der Waals surface area contributed by atoms with Gasteiger partial charge in [-0.2, -0.15) is 0 Å². The van der Waals surface area contributed by atoms with Crippen LogP contribution in [0.5, 0.6) is 0 Å². The summed E-state index contributed by atoms with van der Waals surface area (Å²) < 4.78 is 0.831. The van der Waals surface area contributed by atoms with Gasteiger partial charge in [0.05, 0.1) is 4.47 Å². The highest BCUT2D eigenvalue weighted by atomic mass is 79.9. The molecule has 1 saturated heterocycles. The Bertz CT molecular complexity index is 675. The minimum Gasteiger partial charge on any atom is -0.365 e. The smallest absolute Gasteiger partial charge is 0.290 e. The van der Waals surface area contributed by atoms with E-state index < -0.39 is 0 Å². The zero-order valence-electron chi connectivity index (χ0n) is 11.3. The van der Waals surface area contributed by atoms with Gasteiger partial charge in [0.25, 0.3) is 5.56 Å². The van der Waals surface area contributed by atoms with Gasteiger partial charge in [-0.3, -0.25) is 4.79 Å². The van der Waals surface area contributed by atoms with Crippen molar-refractivity contribution in [3.63, 3.8) is 0 Å². The fourth-order valence-electron chi connectivity index (χ4n) is 2.47. The van der Waals surface area contributed by atoms with Gasteiger partial charge >= 0.3 is 0 Å². The van der Waals surface area contributed by atoms with Gasteiger partial charge in [0.15, 0.2) is 5.82 Å². The maximum absolute atomic E-state index is 11.8. The van der Waals surface area contributed by atoms with Crippen LogP contribution in [-0.2, 0) is 0 Å². The van der Waals surface area contributed by atoms with Crippen LogP contribution >= 0.6 is 15.9 Å². The molecule has 0 amide bonds. The monoisotopic (exact) mass is 350 g/mol. The Morgan fingerprint density at radius 3 is 3.14 bits per heavy atom. The van der Waals surface area contributed by atoms with Gasteiger partial charge in [-0.1, -0.05) is 0 Å². The lowest BCUT2D eigenvalue weighted by molar-refractivity contribution is 0.523. The lowest BCUT2D eigenvalue weighted by atomic mass is 10.1. The summed E-state index contributed by atoms with van der Waals surface area (Å²) in [6, 6.07) is 0.214. The molecule has 2 aromatic heterocycles. The quantitative estimate of drug-likeness (QED) is 0.870. The van der Waals surface area contributed by atoms with Crippen LogP contribution in [0.1, 0.15) is 12.8 Å². The topological polar surface area (TPSA) is 86.8 Å². The van der Waals surface area contributed by atoms with Crippen molar-refractivity contribution < 1.29 is 0 Å². The van der Waals surface area contributed by atoms with E-state index in [1.807, 2.05) is 4.90 Å². The minimum absolute atomic E-state index is 0.152. The number of hydrogen-bond acceptors (Lipinski definition) is 6. The third-order valence-corrected chi connectivity index (χ3v) is 4.00. The number of aromatic amines is 1. The highest BCUT2D eigenvalue weighted by Gasteiger charge is 2.23. The van der Waals surface area contributed by atoms with Crippen LogP contribution in [0.4, 0.5) is 11.6 Å². The SMILES string of the molecule is O=c1[nH]ccnc1N1CCC[C@@H](Nc2ncncc2Br)C1. The fourth-order valence-corrected chi connectivity index (χ4v) is 2.80. The van der Waals surface area contributed by atoms with Crippen molar-refractivity contribution in [3.05, 3.63) is 39.7 Å². The lowest BCUT2D eigenvalue weighted by Crippen LogP contribution is -2.44. The van der Waals surface area contributed by atoms with E-state index in [-0.39, 0.29) is 11.6 Å². The Balaban J connectivity index is 1.73. The molecule has 0 aliphatic carbocycles. The summed E-state index contributed by atoms with van der Waals surface area (Å²) in [5.41, 5.74) is -0.152. The normalized spacial score (nSPS) is 18.5. The number of anilines is 2. The number of piperidine rings is 1. The van der Waals surface area contributed by atoms with Gasteiger partial charge in [-0.05, 0) is 28.8 Å². The summed E-state index contributed by atoms with van der Waals surface area (Å²) in [7, 11) is 0. The molecule has 0 bridgehead atoms. The van der Waals surface area contributed by atoms with E-state index in [1.54, 1.807) is 18.6 Å². The number of nitrogens with one attached hydrogen (secondary N) is 2. The predicted octanol–water partition coefficient (Wildman–Crippen LogP) is 1.40. The molecule has 1 aliphatic heterocycles. The predicted molar refractivity (Wildman–Crippen MR) is 83.4 cm³/mol. The molecule has 0 radical (unpaired) electrons. The first kappa shape index (κ1) is 14.0. The molecule has 2 N–H and O–H groups in total. The number of hydrogen-bond donors (Lipinski definition) is 2. The Morgan fingerprint density at radius 1 is 1.43 bits per heavy atom. The van der Waals surface area contributed by atoms with E-state index in [9.17, 15) is 4.79 Å². The second kappa shape index (κ2) is 6.21. The summed E-state index contributed by atoms with van der Waals surface area (Å²) in [6.45, 7) is 1.56. The number of H-pyrrole nitrogens is 1. The average Bonchev–Trinajstić information content (AvgIpc) is 2.50. The summed E-state index contributed by atoms with van der Waals surface area (Å²) in [6.07, 6.45) is 8.39. The van der Waals surface area contributed by atoms with E-state index >= 15 is 0 Å². The molecule has 3 heterocycles. The molecule has 1 fully saturated rings. The number of nitrogens with zero attached hydrogens (tertiary/aromatic N) is 4. The molecule has 0 aromatic carbocycles. The second-order valence-corrected chi connectivity index (χ2v) is 5.75. The summed E-state index contributed by atoms with van der Waals surface area (Å²) in [5, 5.41) is 3.39. The molecule has 0 saturated carbocycles. The van der Waals surface area contributed by atoms with Crippen LogP contribution < -0.4 is 15.8 Å². The average molecular weight is 351 g/mol. The van der Waals surface area contributed by atoms with E-state index in [4.69, 9.17) is 0 Å². The van der Waals surface area contributed by atoms with Gasteiger partial charge < -0.3 is 15.2 Å². The molecule has 3 rings (SSSR count). The van der Waals surface area contributed by atoms with Gasteiger partial charge in [0.1, 0.15) is 12.1 Å². The summed E-state index contributed by atoms with van der Waals surface area (Å²) >= 11 is 3.43. The molecule has 110 valence electrons. The van der Waals surface area contributed by atoms with Gasteiger partial charge in [0, 0.05) is 37.7 Å². The first-order chi connectivity index (χ1) is 10.2. The van der Waals surface area contributed by atoms with E-state index in [0.29, 0.717) is 5.82 Å².